The summed E-state index contributed by atoms with van der Waals surface area (Å²) in [5.74, 6) is -0.322. The lowest BCUT2D eigenvalue weighted by Crippen LogP contribution is -2.28. The molecule has 116 valence electrons. The molecule has 0 atom stereocenters. The molecule has 7 heteroatoms. The summed E-state index contributed by atoms with van der Waals surface area (Å²) in [7, 11) is 0. The fourth-order valence-corrected chi connectivity index (χ4v) is 2.82. The smallest absolute Gasteiger partial charge is 0.251 e. The van der Waals surface area contributed by atoms with Crippen molar-refractivity contribution in [3.63, 3.8) is 0 Å². The van der Waals surface area contributed by atoms with Crippen LogP contribution in [-0.4, -0.2) is 20.3 Å². The summed E-state index contributed by atoms with van der Waals surface area (Å²) >= 11 is 0. The van der Waals surface area contributed by atoms with Crippen molar-refractivity contribution in [1.29, 1.82) is 0 Å². The van der Waals surface area contributed by atoms with E-state index >= 15 is 0 Å². The predicted molar refractivity (Wildman–Crippen MR) is 79.0 cm³/mol. The number of halogens is 1. The lowest BCUT2D eigenvalue weighted by molar-refractivity contribution is -0.116. The standard InChI is InChI=1S/C15H17FN4O2/c16-11-5-6-15(22)19(9-11)10-14(21)18-13-7-8-17-20(13)12-3-1-2-4-12/h5-9,12H,1-4,10H2,(H,18,21). The van der Waals surface area contributed by atoms with Crippen LogP contribution in [0.2, 0.25) is 0 Å². The fourth-order valence-electron chi connectivity index (χ4n) is 2.82. The van der Waals surface area contributed by atoms with E-state index in [1.54, 1.807) is 12.3 Å². The number of hydrogen-bond donors (Lipinski definition) is 1. The summed E-state index contributed by atoms with van der Waals surface area (Å²) in [6, 6.07) is 4.21. The van der Waals surface area contributed by atoms with E-state index in [9.17, 15) is 14.0 Å². The minimum absolute atomic E-state index is 0.230. The third-order valence-electron chi connectivity index (χ3n) is 3.87. The van der Waals surface area contributed by atoms with Crippen molar-refractivity contribution in [1.82, 2.24) is 14.3 Å². The summed E-state index contributed by atoms with van der Waals surface area (Å²) in [5.41, 5.74) is -0.416. The number of amides is 1. The van der Waals surface area contributed by atoms with Crippen molar-refractivity contribution in [2.24, 2.45) is 0 Å². The number of carbonyl (C=O) groups excluding carboxylic acids is 1. The van der Waals surface area contributed by atoms with Crippen molar-refractivity contribution in [3.8, 4) is 0 Å². The van der Waals surface area contributed by atoms with Crippen LogP contribution in [-0.2, 0) is 11.3 Å². The highest BCUT2D eigenvalue weighted by molar-refractivity contribution is 5.89. The van der Waals surface area contributed by atoms with Gasteiger partial charge in [-0.3, -0.25) is 9.59 Å². The SMILES string of the molecule is O=C(Cn1cc(F)ccc1=O)Nc1ccnn1C1CCCC1. The van der Waals surface area contributed by atoms with Crippen LogP contribution < -0.4 is 10.9 Å². The van der Waals surface area contributed by atoms with E-state index in [-0.39, 0.29) is 12.5 Å². The zero-order valence-electron chi connectivity index (χ0n) is 12.0. The Kier molecular flexibility index (Phi) is 4.04. The number of carbonyl (C=O) groups is 1. The second-order valence-corrected chi connectivity index (χ2v) is 5.46. The van der Waals surface area contributed by atoms with Crippen molar-refractivity contribution in [3.05, 3.63) is 46.8 Å². The molecular weight excluding hydrogens is 287 g/mol. The van der Waals surface area contributed by atoms with Gasteiger partial charge in [0.15, 0.2) is 0 Å². The first-order valence-electron chi connectivity index (χ1n) is 7.33. The molecule has 0 radical (unpaired) electrons. The van der Waals surface area contributed by atoms with Gasteiger partial charge in [-0.05, 0) is 18.9 Å². The Morgan fingerprint density at radius 3 is 2.86 bits per heavy atom. The summed E-state index contributed by atoms with van der Waals surface area (Å²) in [6.45, 7) is -0.230. The molecule has 1 amide bonds. The summed E-state index contributed by atoms with van der Waals surface area (Å²) in [5, 5.41) is 7.01. The molecule has 1 N–H and O–H groups in total. The van der Waals surface area contributed by atoms with Gasteiger partial charge in [0.2, 0.25) is 5.91 Å². The predicted octanol–water partition coefficient (Wildman–Crippen LogP) is 1.94. The first-order valence-corrected chi connectivity index (χ1v) is 7.33. The number of rotatable bonds is 4. The van der Waals surface area contributed by atoms with Crippen LogP contribution in [0.4, 0.5) is 10.2 Å². The third kappa shape index (κ3) is 3.08. The number of aromatic nitrogens is 3. The number of pyridine rings is 1. The Morgan fingerprint density at radius 2 is 2.09 bits per heavy atom. The van der Waals surface area contributed by atoms with Crippen molar-refractivity contribution < 1.29 is 9.18 Å². The first-order chi connectivity index (χ1) is 10.6. The summed E-state index contributed by atoms with van der Waals surface area (Å²) in [6.07, 6.45) is 7.09. The molecule has 3 rings (SSSR count). The molecule has 0 aromatic carbocycles. The molecule has 0 unspecified atom stereocenters. The number of hydrogen-bond acceptors (Lipinski definition) is 3. The Labute approximate surface area is 126 Å². The van der Waals surface area contributed by atoms with Crippen LogP contribution in [0.15, 0.2) is 35.4 Å². The highest BCUT2D eigenvalue weighted by Crippen LogP contribution is 2.31. The van der Waals surface area contributed by atoms with E-state index in [1.165, 1.54) is 0 Å². The molecule has 0 aliphatic heterocycles. The normalized spacial score (nSPS) is 15.1. The van der Waals surface area contributed by atoms with Crippen molar-refractivity contribution in [2.75, 3.05) is 5.32 Å². The van der Waals surface area contributed by atoms with Crippen LogP contribution in [0.1, 0.15) is 31.7 Å². The second-order valence-electron chi connectivity index (χ2n) is 5.46. The molecule has 2 heterocycles. The lowest BCUT2D eigenvalue weighted by Gasteiger charge is -2.15. The molecule has 1 fully saturated rings. The molecule has 2 aromatic heterocycles. The Balaban J connectivity index is 1.71. The quantitative estimate of drug-likeness (QED) is 0.938. The number of nitrogens with one attached hydrogen (secondary N) is 1. The molecule has 1 saturated carbocycles. The monoisotopic (exact) mass is 304 g/mol. The molecule has 0 spiro atoms. The molecule has 0 saturated heterocycles. The topological polar surface area (TPSA) is 68.9 Å². The largest absolute Gasteiger partial charge is 0.309 e. The van der Waals surface area contributed by atoms with Gasteiger partial charge < -0.3 is 9.88 Å². The maximum Gasteiger partial charge on any atom is 0.251 e. The van der Waals surface area contributed by atoms with Crippen molar-refractivity contribution in [2.45, 2.75) is 38.3 Å². The van der Waals surface area contributed by atoms with Crippen LogP contribution in [0.5, 0.6) is 0 Å². The lowest BCUT2D eigenvalue weighted by atomic mass is 10.2. The van der Waals surface area contributed by atoms with Gasteiger partial charge in [-0.1, -0.05) is 12.8 Å². The van der Waals surface area contributed by atoms with E-state index < -0.39 is 11.4 Å². The molecule has 1 aliphatic rings. The zero-order chi connectivity index (χ0) is 15.5. The average Bonchev–Trinajstić information content (AvgIpc) is 3.13. The summed E-state index contributed by atoms with van der Waals surface area (Å²) < 4.78 is 16.0. The van der Waals surface area contributed by atoms with Crippen LogP contribution >= 0.6 is 0 Å². The Hall–Kier alpha value is -2.44. The van der Waals surface area contributed by atoms with Gasteiger partial charge in [0.25, 0.3) is 5.56 Å². The van der Waals surface area contributed by atoms with E-state index in [1.807, 2.05) is 4.68 Å². The molecular formula is C15H17FN4O2. The van der Waals surface area contributed by atoms with Gasteiger partial charge in [0.1, 0.15) is 18.2 Å². The highest BCUT2D eigenvalue weighted by Gasteiger charge is 2.20. The van der Waals surface area contributed by atoms with Gasteiger partial charge >= 0.3 is 0 Å². The zero-order valence-corrected chi connectivity index (χ0v) is 12.0. The molecule has 0 bridgehead atoms. The average molecular weight is 304 g/mol. The van der Waals surface area contributed by atoms with Gasteiger partial charge in [0, 0.05) is 18.3 Å². The maximum atomic E-state index is 13.1. The van der Waals surface area contributed by atoms with Gasteiger partial charge in [-0.15, -0.1) is 0 Å². The van der Waals surface area contributed by atoms with Crippen molar-refractivity contribution >= 4 is 11.7 Å². The summed E-state index contributed by atoms with van der Waals surface area (Å²) in [4.78, 5) is 23.7. The molecule has 6 nitrogen and oxygen atoms in total. The Bertz CT molecular complexity index is 731. The van der Waals surface area contributed by atoms with Gasteiger partial charge in [-0.25, -0.2) is 9.07 Å². The first kappa shape index (κ1) is 14.5. The van der Waals surface area contributed by atoms with Crippen LogP contribution in [0, 0.1) is 5.82 Å². The molecule has 1 aliphatic carbocycles. The second kappa shape index (κ2) is 6.13. The number of anilines is 1. The van der Waals surface area contributed by atoms with Gasteiger partial charge in [-0.2, -0.15) is 5.10 Å². The number of nitrogens with zero attached hydrogens (tertiary/aromatic N) is 3. The molecule has 22 heavy (non-hydrogen) atoms. The van der Waals surface area contributed by atoms with E-state index in [0.29, 0.717) is 11.9 Å². The van der Waals surface area contributed by atoms with Crippen LogP contribution in [0.25, 0.3) is 0 Å². The third-order valence-corrected chi connectivity index (χ3v) is 3.87. The molecule has 2 aromatic rings. The minimum atomic E-state index is -0.552. The Morgan fingerprint density at radius 1 is 1.32 bits per heavy atom. The fraction of sp³-hybridized carbons (Fsp3) is 0.400. The van der Waals surface area contributed by atoms with E-state index in [2.05, 4.69) is 10.4 Å². The van der Waals surface area contributed by atoms with E-state index in [0.717, 1.165) is 48.6 Å². The highest BCUT2D eigenvalue weighted by atomic mass is 19.1. The van der Waals surface area contributed by atoms with Gasteiger partial charge in [0.05, 0.1) is 12.2 Å². The minimum Gasteiger partial charge on any atom is -0.309 e. The van der Waals surface area contributed by atoms with Crippen LogP contribution in [0.3, 0.4) is 0 Å². The van der Waals surface area contributed by atoms with E-state index in [4.69, 9.17) is 0 Å². The maximum absolute atomic E-state index is 13.1.